The van der Waals surface area contributed by atoms with Gasteiger partial charge in [-0.25, -0.2) is 8.42 Å². The van der Waals surface area contributed by atoms with Crippen LogP contribution in [-0.2, 0) is 10.1 Å². The van der Waals surface area contributed by atoms with Crippen LogP contribution in [0.2, 0.25) is 0 Å². The second kappa shape index (κ2) is 5.82. The third kappa shape index (κ3) is 5.49. The summed E-state index contributed by atoms with van der Waals surface area (Å²) in [6.07, 6.45) is 3.98. The first-order valence-corrected chi connectivity index (χ1v) is 6.90. The molecule has 0 aromatic heterocycles. The molecule has 0 saturated heterocycles. The molecule has 1 saturated carbocycles. The van der Waals surface area contributed by atoms with Crippen molar-refractivity contribution in [3.8, 4) is 0 Å². The molecule has 0 bridgehead atoms. The fraction of sp³-hybridized carbons (Fsp3) is 1.00. The highest BCUT2D eigenvalue weighted by Gasteiger charge is 2.24. The lowest BCUT2D eigenvalue weighted by Crippen LogP contribution is -2.23. The van der Waals surface area contributed by atoms with Crippen molar-refractivity contribution in [1.82, 2.24) is 6.15 Å². The van der Waals surface area contributed by atoms with E-state index < -0.39 is 10.1 Å². The maximum Gasteiger partial charge on any atom is 0.0948 e. The van der Waals surface area contributed by atoms with Crippen molar-refractivity contribution >= 4 is 10.1 Å². The molecule has 0 radical (unpaired) electrons. The zero-order valence-corrected chi connectivity index (χ0v) is 10.7. The van der Waals surface area contributed by atoms with E-state index >= 15 is 0 Å². The SMILES string of the molecule is CC(C)C1CCC(CS(=O)(=O)[O-])CC1.[NH4+]. The smallest absolute Gasteiger partial charge is 0.0948 e. The Morgan fingerprint density at radius 1 is 1.20 bits per heavy atom. The quantitative estimate of drug-likeness (QED) is 0.763. The average Bonchev–Trinajstić information content (AvgIpc) is 2.02. The summed E-state index contributed by atoms with van der Waals surface area (Å²) in [6.45, 7) is 4.41. The lowest BCUT2D eigenvalue weighted by molar-refractivity contribution is 0.234. The molecule has 0 atom stereocenters. The van der Waals surface area contributed by atoms with Gasteiger partial charge in [-0.2, -0.15) is 0 Å². The summed E-state index contributed by atoms with van der Waals surface area (Å²) in [5, 5.41) is 0. The number of hydrogen-bond acceptors (Lipinski definition) is 3. The molecule has 0 aliphatic heterocycles. The van der Waals surface area contributed by atoms with Crippen molar-refractivity contribution in [2.75, 3.05) is 5.75 Å². The second-order valence-electron chi connectivity index (χ2n) is 4.75. The van der Waals surface area contributed by atoms with Crippen molar-refractivity contribution < 1.29 is 13.0 Å². The molecule has 0 heterocycles. The molecule has 0 unspecified atom stereocenters. The fourth-order valence-electron chi connectivity index (χ4n) is 2.31. The topological polar surface area (TPSA) is 93.7 Å². The number of quaternary nitrogens is 1. The number of hydrogen-bond donors (Lipinski definition) is 1. The summed E-state index contributed by atoms with van der Waals surface area (Å²) in [7, 11) is -4.01. The number of rotatable bonds is 3. The van der Waals surface area contributed by atoms with Gasteiger partial charge in [-0.3, -0.25) is 0 Å². The molecule has 4 nitrogen and oxygen atoms in total. The van der Waals surface area contributed by atoms with Gasteiger partial charge in [0.15, 0.2) is 0 Å². The first-order chi connectivity index (χ1) is 6.38. The van der Waals surface area contributed by atoms with E-state index in [1.54, 1.807) is 0 Å². The van der Waals surface area contributed by atoms with E-state index in [2.05, 4.69) is 13.8 Å². The maximum atomic E-state index is 10.6. The van der Waals surface area contributed by atoms with Crippen LogP contribution in [0.5, 0.6) is 0 Å². The van der Waals surface area contributed by atoms with E-state index in [4.69, 9.17) is 0 Å². The Balaban J connectivity index is 0.00000196. The minimum Gasteiger partial charge on any atom is -0.748 e. The average molecular weight is 237 g/mol. The van der Waals surface area contributed by atoms with Gasteiger partial charge in [-0.15, -0.1) is 0 Å². The molecule has 92 valence electrons. The van der Waals surface area contributed by atoms with Crippen LogP contribution < -0.4 is 6.15 Å². The van der Waals surface area contributed by atoms with Crippen LogP contribution in [0.25, 0.3) is 0 Å². The first-order valence-electron chi connectivity index (χ1n) is 5.32. The van der Waals surface area contributed by atoms with E-state index in [9.17, 15) is 13.0 Å². The molecule has 15 heavy (non-hydrogen) atoms. The van der Waals surface area contributed by atoms with Crippen LogP contribution >= 0.6 is 0 Å². The van der Waals surface area contributed by atoms with Gasteiger partial charge >= 0.3 is 0 Å². The predicted octanol–water partition coefficient (Wildman–Crippen LogP) is 2.37. The zero-order chi connectivity index (χ0) is 10.8. The lowest BCUT2D eigenvalue weighted by Gasteiger charge is -2.31. The van der Waals surface area contributed by atoms with Crippen LogP contribution in [0.15, 0.2) is 0 Å². The van der Waals surface area contributed by atoms with Crippen molar-refractivity contribution in [3.05, 3.63) is 0 Å². The monoisotopic (exact) mass is 237 g/mol. The summed E-state index contributed by atoms with van der Waals surface area (Å²) in [5.41, 5.74) is 0. The summed E-state index contributed by atoms with van der Waals surface area (Å²) in [6, 6.07) is 0. The van der Waals surface area contributed by atoms with Crippen molar-refractivity contribution in [1.29, 1.82) is 0 Å². The Bertz CT molecular complexity index is 266. The largest absolute Gasteiger partial charge is 0.748 e. The molecule has 1 aliphatic carbocycles. The van der Waals surface area contributed by atoms with Gasteiger partial charge < -0.3 is 10.7 Å². The van der Waals surface area contributed by atoms with Gasteiger partial charge in [-0.05, 0) is 43.4 Å². The Kier molecular flexibility index (Phi) is 5.77. The highest BCUT2D eigenvalue weighted by Crippen LogP contribution is 2.33. The first kappa shape index (κ1) is 14.9. The molecular formula is C10H23NO3S. The minimum absolute atomic E-state index is 0. The molecule has 1 aliphatic rings. The Hall–Kier alpha value is -0.130. The molecule has 1 fully saturated rings. The van der Waals surface area contributed by atoms with Gasteiger partial charge in [0.25, 0.3) is 0 Å². The van der Waals surface area contributed by atoms with Crippen molar-refractivity contribution in [2.24, 2.45) is 17.8 Å². The normalized spacial score (nSPS) is 27.5. The summed E-state index contributed by atoms with van der Waals surface area (Å²) in [4.78, 5) is 0. The molecule has 0 spiro atoms. The third-order valence-electron chi connectivity index (χ3n) is 3.27. The van der Waals surface area contributed by atoms with Gasteiger partial charge in [0.1, 0.15) is 0 Å². The van der Waals surface area contributed by atoms with E-state index in [1.165, 1.54) is 0 Å². The second-order valence-corrected chi connectivity index (χ2v) is 6.20. The molecular weight excluding hydrogens is 214 g/mol. The standard InChI is InChI=1S/C10H20O3S.H3N/c1-8(2)10-5-3-9(4-6-10)7-14(11,12)13;/h8-10H,3-7H2,1-2H3,(H,11,12,13);1H3. The van der Waals surface area contributed by atoms with Crippen LogP contribution in [0, 0.1) is 17.8 Å². The molecule has 4 N–H and O–H groups in total. The highest BCUT2D eigenvalue weighted by atomic mass is 32.2. The van der Waals surface area contributed by atoms with Crippen molar-refractivity contribution in [2.45, 2.75) is 39.5 Å². The van der Waals surface area contributed by atoms with Gasteiger partial charge in [0.2, 0.25) is 0 Å². The molecule has 5 heteroatoms. The highest BCUT2D eigenvalue weighted by molar-refractivity contribution is 7.85. The van der Waals surface area contributed by atoms with Crippen LogP contribution in [0.3, 0.4) is 0 Å². The Morgan fingerprint density at radius 2 is 1.67 bits per heavy atom. The summed E-state index contributed by atoms with van der Waals surface area (Å²) >= 11 is 0. The third-order valence-corrected chi connectivity index (χ3v) is 4.15. The fourth-order valence-corrected chi connectivity index (χ4v) is 3.22. The van der Waals surface area contributed by atoms with Gasteiger partial charge in [0.05, 0.1) is 10.1 Å². The molecule has 0 aromatic carbocycles. The summed E-state index contributed by atoms with van der Waals surface area (Å²) in [5.74, 6) is 1.37. The van der Waals surface area contributed by atoms with Crippen molar-refractivity contribution in [3.63, 3.8) is 0 Å². The minimum atomic E-state index is -4.01. The van der Waals surface area contributed by atoms with E-state index in [0.717, 1.165) is 31.6 Å². The lowest BCUT2D eigenvalue weighted by atomic mass is 9.78. The van der Waals surface area contributed by atoms with E-state index in [0.29, 0.717) is 5.92 Å². The zero-order valence-electron chi connectivity index (χ0n) is 9.90. The molecule has 0 aromatic rings. The maximum absolute atomic E-state index is 10.6. The van der Waals surface area contributed by atoms with Crippen LogP contribution in [-0.4, -0.2) is 18.7 Å². The molecule has 0 amide bonds. The predicted molar refractivity (Wildman–Crippen MR) is 60.8 cm³/mol. The van der Waals surface area contributed by atoms with E-state index in [1.807, 2.05) is 0 Å². The molecule has 1 rings (SSSR count). The van der Waals surface area contributed by atoms with Gasteiger partial charge in [-0.1, -0.05) is 13.8 Å². The summed E-state index contributed by atoms with van der Waals surface area (Å²) < 4.78 is 31.7. The Morgan fingerprint density at radius 3 is 2.00 bits per heavy atom. The van der Waals surface area contributed by atoms with Crippen LogP contribution in [0.4, 0.5) is 0 Å². The Labute approximate surface area is 92.8 Å². The van der Waals surface area contributed by atoms with Gasteiger partial charge in [0, 0.05) is 5.75 Å². The van der Waals surface area contributed by atoms with Crippen LogP contribution in [0.1, 0.15) is 39.5 Å². The van der Waals surface area contributed by atoms with E-state index in [-0.39, 0.29) is 17.8 Å².